The summed E-state index contributed by atoms with van der Waals surface area (Å²) in [4.78, 5) is 20.4. The maximum atomic E-state index is 12.6. The van der Waals surface area contributed by atoms with Gasteiger partial charge in [0.25, 0.3) is 0 Å². The molecule has 2 N–H and O–H groups in total. The molecule has 6 nitrogen and oxygen atoms in total. The standard InChI is InChI=1S/C22H22N4O2S2/c1-28-17-9-3-2-7-15(17)24-19(27)11-13-26-21(18-10-6-14-30-18)20(25-22(26)29)16-8-4-5-12-23-16/h2-10,12,14,20-21H,11,13H2,1H3,(H,24,27)(H,25,29)/t20-,21-/m1/s1. The predicted molar refractivity (Wildman–Crippen MR) is 123 cm³/mol. The molecule has 4 rings (SSSR count). The van der Waals surface area contributed by atoms with Crippen LogP contribution in [-0.2, 0) is 4.79 Å². The molecule has 0 saturated carbocycles. The second-order valence-corrected chi connectivity index (χ2v) is 8.20. The third-order valence-electron chi connectivity index (χ3n) is 4.99. The summed E-state index contributed by atoms with van der Waals surface area (Å²) in [6, 6.07) is 17.3. The van der Waals surface area contributed by atoms with Crippen molar-refractivity contribution in [2.75, 3.05) is 19.0 Å². The van der Waals surface area contributed by atoms with Crippen molar-refractivity contribution in [1.82, 2.24) is 15.2 Å². The van der Waals surface area contributed by atoms with E-state index in [0.717, 1.165) is 5.69 Å². The summed E-state index contributed by atoms with van der Waals surface area (Å²) in [6.45, 7) is 0.499. The first-order valence-electron chi connectivity index (χ1n) is 9.61. The number of pyridine rings is 1. The molecule has 0 unspecified atom stereocenters. The van der Waals surface area contributed by atoms with Crippen molar-refractivity contribution in [2.45, 2.75) is 18.5 Å². The Bertz CT molecular complexity index is 1010. The van der Waals surface area contributed by atoms with E-state index in [0.29, 0.717) is 29.5 Å². The van der Waals surface area contributed by atoms with E-state index in [1.165, 1.54) is 4.88 Å². The van der Waals surface area contributed by atoms with Crippen molar-refractivity contribution in [1.29, 1.82) is 0 Å². The number of ether oxygens (including phenoxy) is 1. The van der Waals surface area contributed by atoms with Crippen LogP contribution in [0.1, 0.15) is 29.1 Å². The molecule has 0 radical (unpaired) electrons. The summed E-state index contributed by atoms with van der Waals surface area (Å²) in [7, 11) is 1.59. The molecule has 1 aromatic carbocycles. The molecular formula is C22H22N4O2S2. The molecular weight excluding hydrogens is 416 g/mol. The van der Waals surface area contributed by atoms with Crippen LogP contribution in [0.4, 0.5) is 5.69 Å². The number of nitrogens with one attached hydrogen (secondary N) is 2. The number of benzene rings is 1. The van der Waals surface area contributed by atoms with Crippen LogP contribution in [0, 0.1) is 0 Å². The van der Waals surface area contributed by atoms with Gasteiger partial charge in [0.1, 0.15) is 5.75 Å². The summed E-state index contributed by atoms with van der Waals surface area (Å²) >= 11 is 7.31. The zero-order valence-electron chi connectivity index (χ0n) is 16.4. The Morgan fingerprint density at radius 1 is 1.23 bits per heavy atom. The van der Waals surface area contributed by atoms with Crippen LogP contribution < -0.4 is 15.4 Å². The molecule has 8 heteroatoms. The number of thiocarbonyl (C=S) groups is 1. The molecule has 1 saturated heterocycles. The fraction of sp³-hybridized carbons (Fsp3) is 0.227. The topological polar surface area (TPSA) is 66.5 Å². The third-order valence-corrected chi connectivity index (χ3v) is 6.29. The molecule has 30 heavy (non-hydrogen) atoms. The predicted octanol–water partition coefficient (Wildman–Crippen LogP) is 4.15. The number of methoxy groups -OCH3 is 1. The van der Waals surface area contributed by atoms with Crippen LogP contribution in [-0.4, -0.2) is 34.6 Å². The minimum atomic E-state index is -0.0893. The molecule has 154 valence electrons. The minimum absolute atomic E-state index is 0.00791. The number of carbonyl (C=O) groups is 1. The highest BCUT2D eigenvalue weighted by Gasteiger charge is 2.40. The Kier molecular flexibility index (Phi) is 6.25. The van der Waals surface area contributed by atoms with Crippen molar-refractivity contribution >= 4 is 40.3 Å². The second kappa shape index (κ2) is 9.23. The maximum absolute atomic E-state index is 12.6. The van der Waals surface area contributed by atoms with Gasteiger partial charge in [0.15, 0.2) is 5.11 Å². The van der Waals surface area contributed by atoms with Gasteiger partial charge in [-0.3, -0.25) is 9.78 Å². The first-order chi connectivity index (χ1) is 14.7. The molecule has 3 aromatic rings. The number of hydrogen-bond acceptors (Lipinski definition) is 5. The number of hydrogen-bond donors (Lipinski definition) is 2. The van der Waals surface area contributed by atoms with Crippen LogP contribution >= 0.6 is 23.6 Å². The average molecular weight is 439 g/mol. The Morgan fingerprint density at radius 2 is 2.07 bits per heavy atom. The SMILES string of the molecule is COc1ccccc1NC(=O)CCN1C(=S)N[C@H](c2ccccn2)[C@H]1c1cccs1. The van der Waals surface area contributed by atoms with Gasteiger partial charge in [0, 0.05) is 24.0 Å². The molecule has 2 aromatic heterocycles. The van der Waals surface area contributed by atoms with E-state index in [1.54, 1.807) is 24.6 Å². The Hall–Kier alpha value is -2.97. The lowest BCUT2D eigenvalue weighted by atomic mass is 10.0. The van der Waals surface area contributed by atoms with Crippen LogP contribution in [0.15, 0.2) is 66.2 Å². The fourth-order valence-corrected chi connectivity index (χ4v) is 4.80. The quantitative estimate of drug-likeness (QED) is 0.540. The molecule has 1 aliphatic heterocycles. The van der Waals surface area contributed by atoms with Crippen molar-refractivity contribution in [3.63, 3.8) is 0 Å². The first-order valence-corrected chi connectivity index (χ1v) is 10.9. The van der Waals surface area contributed by atoms with Gasteiger partial charge in [0.05, 0.1) is 30.6 Å². The van der Waals surface area contributed by atoms with E-state index >= 15 is 0 Å². The first kappa shape index (κ1) is 20.3. The van der Waals surface area contributed by atoms with Gasteiger partial charge in [-0.2, -0.15) is 0 Å². The maximum Gasteiger partial charge on any atom is 0.226 e. The molecule has 0 bridgehead atoms. The van der Waals surface area contributed by atoms with Crippen molar-refractivity contribution in [3.05, 3.63) is 76.7 Å². The Labute approximate surface area is 184 Å². The van der Waals surface area contributed by atoms with Gasteiger partial charge in [-0.25, -0.2) is 0 Å². The van der Waals surface area contributed by atoms with Crippen LogP contribution in [0.3, 0.4) is 0 Å². The molecule has 2 atom stereocenters. The molecule has 0 aliphatic carbocycles. The minimum Gasteiger partial charge on any atom is -0.495 e. The number of thiophene rings is 1. The lowest BCUT2D eigenvalue weighted by molar-refractivity contribution is -0.116. The zero-order chi connectivity index (χ0) is 20.9. The van der Waals surface area contributed by atoms with Gasteiger partial charge in [-0.05, 0) is 47.9 Å². The number of carbonyl (C=O) groups excluding carboxylic acids is 1. The summed E-state index contributed by atoms with van der Waals surface area (Å²) in [5.74, 6) is 0.546. The number of rotatable bonds is 7. The van der Waals surface area contributed by atoms with Gasteiger partial charge in [-0.15, -0.1) is 11.3 Å². The number of anilines is 1. The summed E-state index contributed by atoms with van der Waals surface area (Å²) in [5, 5.41) is 9.02. The summed E-state index contributed by atoms with van der Waals surface area (Å²) in [5.41, 5.74) is 1.59. The van der Waals surface area contributed by atoms with E-state index in [-0.39, 0.29) is 18.0 Å². The molecule has 1 aliphatic rings. The molecule has 0 spiro atoms. The van der Waals surface area contributed by atoms with Crippen molar-refractivity contribution in [2.24, 2.45) is 0 Å². The highest BCUT2D eigenvalue weighted by atomic mass is 32.1. The highest BCUT2D eigenvalue weighted by Crippen LogP contribution is 2.40. The smallest absolute Gasteiger partial charge is 0.226 e. The number of nitrogens with zero attached hydrogens (tertiary/aromatic N) is 2. The number of amides is 1. The third kappa shape index (κ3) is 4.29. The van der Waals surface area contributed by atoms with Crippen LogP contribution in [0.25, 0.3) is 0 Å². The van der Waals surface area contributed by atoms with E-state index < -0.39 is 0 Å². The monoisotopic (exact) mass is 438 g/mol. The van der Waals surface area contributed by atoms with Crippen LogP contribution in [0.2, 0.25) is 0 Å². The van der Waals surface area contributed by atoms with Gasteiger partial charge >= 0.3 is 0 Å². The van der Waals surface area contributed by atoms with E-state index in [2.05, 4.69) is 32.0 Å². The molecule has 1 amide bonds. The van der Waals surface area contributed by atoms with Crippen LogP contribution in [0.5, 0.6) is 5.75 Å². The zero-order valence-corrected chi connectivity index (χ0v) is 18.1. The van der Waals surface area contributed by atoms with Crippen molar-refractivity contribution < 1.29 is 9.53 Å². The Morgan fingerprint density at radius 3 is 2.80 bits per heavy atom. The summed E-state index contributed by atoms with van der Waals surface area (Å²) in [6.07, 6.45) is 2.09. The number of para-hydroxylation sites is 2. The van der Waals surface area contributed by atoms with E-state index in [9.17, 15) is 4.79 Å². The average Bonchev–Trinajstić information content (AvgIpc) is 3.41. The second-order valence-electron chi connectivity index (χ2n) is 6.83. The largest absolute Gasteiger partial charge is 0.495 e. The molecule has 1 fully saturated rings. The lowest BCUT2D eigenvalue weighted by Crippen LogP contribution is -2.32. The van der Waals surface area contributed by atoms with Gasteiger partial charge in [-0.1, -0.05) is 24.3 Å². The van der Waals surface area contributed by atoms with Crippen molar-refractivity contribution in [3.8, 4) is 5.75 Å². The fourth-order valence-electron chi connectivity index (χ4n) is 3.60. The highest BCUT2D eigenvalue weighted by molar-refractivity contribution is 7.80. The Balaban J connectivity index is 1.49. The van der Waals surface area contributed by atoms with Gasteiger partial charge in [0.2, 0.25) is 5.91 Å². The lowest BCUT2D eigenvalue weighted by Gasteiger charge is -2.26. The normalized spacial score (nSPS) is 18.2. The molecule has 3 heterocycles. The van der Waals surface area contributed by atoms with E-state index in [4.69, 9.17) is 17.0 Å². The van der Waals surface area contributed by atoms with Gasteiger partial charge < -0.3 is 20.3 Å². The number of aromatic nitrogens is 1. The summed E-state index contributed by atoms with van der Waals surface area (Å²) < 4.78 is 5.31. The van der Waals surface area contributed by atoms with E-state index in [1.807, 2.05) is 48.5 Å².